The van der Waals surface area contributed by atoms with Gasteiger partial charge in [-0.25, -0.2) is 4.79 Å². The van der Waals surface area contributed by atoms with Crippen molar-refractivity contribution in [2.75, 3.05) is 30.4 Å². The lowest BCUT2D eigenvalue weighted by Crippen LogP contribution is -2.21. The molecular weight excluding hydrogens is 318 g/mol. The Morgan fingerprint density at radius 1 is 1.12 bits per heavy atom. The fraction of sp³-hybridized carbons (Fsp3) is 0.316. The number of nitrogens with one attached hydrogen (secondary N) is 1. The number of nitrogens with zero attached hydrogens (tertiary/aromatic N) is 2. The normalized spacial score (nSPS) is 13.6. The number of benzene rings is 1. The molecule has 0 radical (unpaired) electrons. The summed E-state index contributed by atoms with van der Waals surface area (Å²) < 4.78 is 4.78. The van der Waals surface area contributed by atoms with Gasteiger partial charge in [0.2, 0.25) is 0 Å². The highest BCUT2D eigenvalue weighted by molar-refractivity contribution is 6.06. The van der Waals surface area contributed by atoms with Gasteiger partial charge in [-0.05, 0) is 50.1 Å². The Balaban J connectivity index is 1.91. The molecule has 0 unspecified atom stereocenters. The Morgan fingerprint density at radius 3 is 2.48 bits per heavy atom. The Labute approximate surface area is 146 Å². The molecule has 2 aromatic rings. The van der Waals surface area contributed by atoms with Gasteiger partial charge in [0.25, 0.3) is 5.91 Å². The van der Waals surface area contributed by atoms with Crippen LogP contribution in [0.25, 0.3) is 0 Å². The zero-order valence-corrected chi connectivity index (χ0v) is 14.4. The molecule has 6 nitrogen and oxygen atoms in total. The Hall–Kier alpha value is -2.89. The summed E-state index contributed by atoms with van der Waals surface area (Å²) in [7, 11) is 1.34. The third-order valence-corrected chi connectivity index (χ3v) is 4.29. The van der Waals surface area contributed by atoms with E-state index in [2.05, 4.69) is 15.2 Å². The smallest absolute Gasteiger partial charge is 0.337 e. The van der Waals surface area contributed by atoms with E-state index in [4.69, 9.17) is 4.74 Å². The predicted molar refractivity (Wildman–Crippen MR) is 96.2 cm³/mol. The largest absolute Gasteiger partial charge is 0.465 e. The van der Waals surface area contributed by atoms with E-state index in [1.54, 1.807) is 30.5 Å². The first kappa shape index (κ1) is 17.0. The molecule has 1 aromatic heterocycles. The first-order valence-corrected chi connectivity index (χ1v) is 8.30. The molecule has 0 saturated carbocycles. The van der Waals surface area contributed by atoms with E-state index in [1.165, 1.54) is 7.11 Å². The van der Waals surface area contributed by atoms with Crippen LogP contribution in [-0.2, 0) is 4.74 Å². The van der Waals surface area contributed by atoms with Crippen LogP contribution >= 0.6 is 0 Å². The molecule has 0 bridgehead atoms. The van der Waals surface area contributed by atoms with Crippen LogP contribution < -0.4 is 10.2 Å². The van der Waals surface area contributed by atoms with Crippen molar-refractivity contribution in [3.05, 3.63) is 53.3 Å². The van der Waals surface area contributed by atoms with Crippen molar-refractivity contribution in [1.29, 1.82) is 0 Å². The van der Waals surface area contributed by atoms with Crippen molar-refractivity contribution < 1.29 is 14.3 Å². The fourth-order valence-corrected chi connectivity index (χ4v) is 2.91. The highest BCUT2D eigenvalue weighted by atomic mass is 16.5. The molecule has 2 heterocycles. The summed E-state index contributed by atoms with van der Waals surface area (Å²) in [5.74, 6) is -0.685. The molecule has 1 saturated heterocycles. The Bertz CT molecular complexity index is 781. The average molecular weight is 339 g/mol. The number of amides is 1. The van der Waals surface area contributed by atoms with Crippen LogP contribution in [0.3, 0.4) is 0 Å². The van der Waals surface area contributed by atoms with Crippen LogP contribution in [-0.4, -0.2) is 37.1 Å². The number of carbonyl (C=O) groups excluding carboxylic acids is 2. The molecule has 130 valence electrons. The minimum atomic E-state index is -0.430. The third kappa shape index (κ3) is 3.79. The topological polar surface area (TPSA) is 71.5 Å². The monoisotopic (exact) mass is 339 g/mol. The zero-order valence-electron chi connectivity index (χ0n) is 14.4. The van der Waals surface area contributed by atoms with Crippen molar-refractivity contribution in [2.24, 2.45) is 0 Å². The van der Waals surface area contributed by atoms with E-state index in [1.807, 2.05) is 13.0 Å². The van der Waals surface area contributed by atoms with Crippen LogP contribution in [0.5, 0.6) is 0 Å². The SMILES string of the molecule is COC(=O)c1ccc(N2CCCC2)c(NC(=O)c2ccc(C)nc2)c1. The maximum atomic E-state index is 12.6. The second kappa shape index (κ2) is 7.34. The zero-order chi connectivity index (χ0) is 17.8. The van der Waals surface area contributed by atoms with Crippen molar-refractivity contribution in [2.45, 2.75) is 19.8 Å². The van der Waals surface area contributed by atoms with Gasteiger partial charge in [0.1, 0.15) is 0 Å². The Morgan fingerprint density at radius 2 is 1.84 bits per heavy atom. The Kier molecular flexibility index (Phi) is 4.97. The molecule has 1 aromatic carbocycles. The van der Waals surface area contributed by atoms with Crippen molar-refractivity contribution in [3.8, 4) is 0 Å². The van der Waals surface area contributed by atoms with E-state index in [9.17, 15) is 9.59 Å². The van der Waals surface area contributed by atoms with Crippen LogP contribution in [0.15, 0.2) is 36.5 Å². The van der Waals surface area contributed by atoms with E-state index in [0.29, 0.717) is 16.8 Å². The summed E-state index contributed by atoms with van der Waals surface area (Å²) >= 11 is 0. The minimum absolute atomic E-state index is 0.255. The number of rotatable bonds is 4. The summed E-state index contributed by atoms with van der Waals surface area (Å²) in [6.45, 7) is 3.74. The van der Waals surface area contributed by atoms with Gasteiger partial charge >= 0.3 is 5.97 Å². The van der Waals surface area contributed by atoms with E-state index in [0.717, 1.165) is 37.3 Å². The summed E-state index contributed by atoms with van der Waals surface area (Å²) in [6.07, 6.45) is 3.78. The number of hydrogen-bond donors (Lipinski definition) is 1. The summed E-state index contributed by atoms with van der Waals surface area (Å²) in [5, 5.41) is 2.91. The van der Waals surface area contributed by atoms with E-state index >= 15 is 0 Å². The molecule has 1 fully saturated rings. The maximum absolute atomic E-state index is 12.6. The van der Waals surface area contributed by atoms with Gasteiger partial charge in [0.15, 0.2) is 0 Å². The minimum Gasteiger partial charge on any atom is -0.465 e. The highest BCUT2D eigenvalue weighted by Crippen LogP contribution is 2.30. The molecule has 0 spiro atoms. The summed E-state index contributed by atoms with van der Waals surface area (Å²) in [4.78, 5) is 30.8. The van der Waals surface area contributed by atoms with E-state index < -0.39 is 5.97 Å². The van der Waals surface area contributed by atoms with Gasteiger partial charge in [-0.15, -0.1) is 0 Å². The van der Waals surface area contributed by atoms with Gasteiger partial charge in [-0.2, -0.15) is 0 Å². The predicted octanol–water partition coefficient (Wildman–Crippen LogP) is 3.03. The van der Waals surface area contributed by atoms with Gasteiger partial charge < -0.3 is 15.0 Å². The molecule has 1 amide bonds. The van der Waals surface area contributed by atoms with Crippen LogP contribution in [0.1, 0.15) is 39.3 Å². The number of pyridine rings is 1. The molecule has 6 heteroatoms. The van der Waals surface area contributed by atoms with Crippen LogP contribution in [0, 0.1) is 6.92 Å². The van der Waals surface area contributed by atoms with Crippen LogP contribution in [0.4, 0.5) is 11.4 Å². The lowest BCUT2D eigenvalue weighted by Gasteiger charge is -2.22. The summed E-state index contributed by atoms with van der Waals surface area (Å²) in [5.41, 5.74) is 3.25. The molecule has 1 aliphatic rings. The average Bonchev–Trinajstić information content (AvgIpc) is 3.16. The number of carbonyl (C=O) groups is 2. The molecule has 25 heavy (non-hydrogen) atoms. The number of anilines is 2. The molecule has 1 aliphatic heterocycles. The lowest BCUT2D eigenvalue weighted by atomic mass is 10.1. The van der Waals surface area contributed by atoms with Crippen molar-refractivity contribution in [3.63, 3.8) is 0 Å². The molecule has 3 rings (SSSR count). The van der Waals surface area contributed by atoms with Crippen molar-refractivity contribution >= 4 is 23.3 Å². The van der Waals surface area contributed by atoms with E-state index in [-0.39, 0.29) is 5.91 Å². The maximum Gasteiger partial charge on any atom is 0.337 e. The highest BCUT2D eigenvalue weighted by Gasteiger charge is 2.19. The number of ether oxygens (including phenoxy) is 1. The standard InChI is InChI=1S/C19H21N3O3/c1-13-5-6-15(12-20-13)18(23)21-16-11-14(19(24)25-2)7-8-17(16)22-9-3-4-10-22/h5-8,11-12H,3-4,9-10H2,1-2H3,(H,21,23). The number of methoxy groups -OCH3 is 1. The van der Waals surface area contributed by atoms with Gasteiger partial charge in [0.05, 0.1) is 29.6 Å². The number of esters is 1. The number of hydrogen-bond acceptors (Lipinski definition) is 5. The second-order valence-electron chi connectivity index (χ2n) is 6.06. The quantitative estimate of drug-likeness (QED) is 0.867. The van der Waals surface area contributed by atoms with Gasteiger partial charge in [-0.3, -0.25) is 9.78 Å². The first-order chi connectivity index (χ1) is 12.1. The molecule has 0 atom stereocenters. The fourth-order valence-electron chi connectivity index (χ4n) is 2.91. The molecule has 1 N–H and O–H groups in total. The lowest BCUT2D eigenvalue weighted by molar-refractivity contribution is 0.0600. The number of aryl methyl sites for hydroxylation is 1. The molecular formula is C19H21N3O3. The third-order valence-electron chi connectivity index (χ3n) is 4.29. The van der Waals surface area contributed by atoms with Crippen LogP contribution in [0.2, 0.25) is 0 Å². The number of aromatic nitrogens is 1. The molecule has 0 aliphatic carbocycles. The first-order valence-electron chi connectivity index (χ1n) is 8.30. The second-order valence-corrected chi connectivity index (χ2v) is 6.06. The van der Waals surface area contributed by atoms with Gasteiger partial charge in [0, 0.05) is 25.0 Å². The van der Waals surface area contributed by atoms with Gasteiger partial charge in [-0.1, -0.05) is 0 Å². The van der Waals surface area contributed by atoms with Crippen molar-refractivity contribution in [1.82, 2.24) is 4.98 Å². The summed E-state index contributed by atoms with van der Waals surface area (Å²) in [6, 6.07) is 8.78.